The molecule has 2 nitrogen and oxygen atoms in total. The van der Waals surface area contributed by atoms with Crippen LogP contribution in [0.4, 0.5) is 11.4 Å². The lowest BCUT2D eigenvalue weighted by Crippen LogP contribution is -2.20. The Hall–Kier alpha value is -1.58. The van der Waals surface area contributed by atoms with Gasteiger partial charge in [-0.05, 0) is 61.8 Å². The molecule has 0 spiro atoms. The maximum absolute atomic E-state index is 6.01. The Morgan fingerprint density at radius 3 is 2.25 bits per heavy atom. The SMILES string of the molecule is Cc1ccc(Cl)cc1NC(=S)Nc1c(C)cccc1C. The van der Waals surface area contributed by atoms with Gasteiger partial charge in [-0.25, -0.2) is 0 Å². The molecule has 2 aromatic rings. The topological polar surface area (TPSA) is 24.1 Å². The molecule has 0 atom stereocenters. The molecule has 2 N–H and O–H groups in total. The average Bonchev–Trinajstić information content (AvgIpc) is 2.38. The fourth-order valence-corrected chi connectivity index (χ4v) is 2.39. The summed E-state index contributed by atoms with van der Waals surface area (Å²) in [4.78, 5) is 0. The molecule has 4 heteroatoms. The molecule has 0 unspecified atom stereocenters. The normalized spacial score (nSPS) is 10.2. The Bertz CT molecular complexity index is 633. The van der Waals surface area contributed by atoms with Crippen molar-refractivity contribution in [1.29, 1.82) is 0 Å². The fourth-order valence-electron chi connectivity index (χ4n) is 2.01. The second-order valence-electron chi connectivity index (χ2n) is 4.81. The summed E-state index contributed by atoms with van der Waals surface area (Å²) in [5.41, 5.74) is 5.39. The van der Waals surface area contributed by atoms with Crippen LogP contribution < -0.4 is 10.6 Å². The van der Waals surface area contributed by atoms with Gasteiger partial charge in [-0.2, -0.15) is 0 Å². The molecule has 0 heterocycles. The molecular formula is C16H17ClN2S. The van der Waals surface area contributed by atoms with Crippen molar-refractivity contribution >= 4 is 40.3 Å². The highest BCUT2D eigenvalue weighted by Crippen LogP contribution is 2.22. The second-order valence-corrected chi connectivity index (χ2v) is 5.65. The Labute approximate surface area is 130 Å². The molecule has 2 rings (SSSR count). The summed E-state index contributed by atoms with van der Waals surface area (Å²) >= 11 is 11.4. The molecule has 0 aromatic heterocycles. The van der Waals surface area contributed by atoms with Gasteiger partial charge in [0.25, 0.3) is 0 Å². The molecule has 0 amide bonds. The first-order valence-electron chi connectivity index (χ1n) is 6.38. The van der Waals surface area contributed by atoms with Gasteiger partial charge in [-0.3, -0.25) is 0 Å². The van der Waals surface area contributed by atoms with Crippen molar-refractivity contribution in [2.75, 3.05) is 10.6 Å². The van der Waals surface area contributed by atoms with Gasteiger partial charge in [0.2, 0.25) is 0 Å². The molecule has 0 bridgehead atoms. The largest absolute Gasteiger partial charge is 0.332 e. The van der Waals surface area contributed by atoms with Crippen LogP contribution in [0.15, 0.2) is 36.4 Å². The summed E-state index contributed by atoms with van der Waals surface area (Å²) in [6.45, 7) is 6.13. The lowest BCUT2D eigenvalue weighted by Gasteiger charge is -2.16. The lowest BCUT2D eigenvalue weighted by atomic mass is 10.1. The standard InChI is InChI=1S/C16H17ClN2S/c1-10-7-8-13(17)9-14(10)18-16(20)19-15-11(2)5-4-6-12(15)3/h4-9H,1-3H3,(H2,18,19,20). The third-order valence-electron chi connectivity index (χ3n) is 3.17. The van der Waals surface area contributed by atoms with Crippen LogP contribution in [-0.4, -0.2) is 5.11 Å². The van der Waals surface area contributed by atoms with Crippen molar-refractivity contribution in [2.24, 2.45) is 0 Å². The molecule has 0 saturated carbocycles. The number of anilines is 2. The van der Waals surface area contributed by atoms with E-state index in [-0.39, 0.29) is 0 Å². The van der Waals surface area contributed by atoms with Gasteiger partial charge in [-0.1, -0.05) is 35.9 Å². The van der Waals surface area contributed by atoms with Crippen LogP contribution in [0.5, 0.6) is 0 Å². The zero-order valence-corrected chi connectivity index (χ0v) is 13.3. The van der Waals surface area contributed by atoms with E-state index in [4.69, 9.17) is 23.8 Å². The molecule has 20 heavy (non-hydrogen) atoms. The Balaban J connectivity index is 2.15. The van der Waals surface area contributed by atoms with Crippen molar-refractivity contribution < 1.29 is 0 Å². The second kappa shape index (κ2) is 6.25. The summed E-state index contributed by atoms with van der Waals surface area (Å²) in [7, 11) is 0. The predicted octanol–water partition coefficient (Wildman–Crippen LogP) is 5.07. The van der Waals surface area contributed by atoms with Gasteiger partial charge in [-0.15, -0.1) is 0 Å². The minimum Gasteiger partial charge on any atom is -0.332 e. The number of hydrogen-bond acceptors (Lipinski definition) is 1. The Kier molecular flexibility index (Phi) is 4.63. The quantitative estimate of drug-likeness (QED) is 0.757. The van der Waals surface area contributed by atoms with Crippen molar-refractivity contribution in [2.45, 2.75) is 20.8 Å². The molecule has 0 fully saturated rings. The van der Waals surface area contributed by atoms with Crippen LogP contribution >= 0.6 is 23.8 Å². The van der Waals surface area contributed by atoms with Gasteiger partial charge in [0.05, 0.1) is 0 Å². The summed E-state index contributed by atoms with van der Waals surface area (Å²) in [6.07, 6.45) is 0. The van der Waals surface area contributed by atoms with Crippen LogP contribution in [0.2, 0.25) is 5.02 Å². The number of para-hydroxylation sites is 1. The number of hydrogen-bond donors (Lipinski definition) is 2. The van der Waals surface area contributed by atoms with E-state index in [2.05, 4.69) is 36.6 Å². The summed E-state index contributed by atoms with van der Waals surface area (Å²) < 4.78 is 0. The minimum absolute atomic E-state index is 0.563. The molecule has 104 valence electrons. The van der Waals surface area contributed by atoms with E-state index in [1.54, 1.807) is 0 Å². The zero-order chi connectivity index (χ0) is 14.7. The number of rotatable bonds is 2. The van der Waals surface area contributed by atoms with Crippen molar-refractivity contribution in [3.8, 4) is 0 Å². The van der Waals surface area contributed by atoms with Crippen LogP contribution in [0.25, 0.3) is 0 Å². The molecule has 0 aliphatic carbocycles. The van der Waals surface area contributed by atoms with Gasteiger partial charge >= 0.3 is 0 Å². The molecule has 0 saturated heterocycles. The van der Waals surface area contributed by atoms with E-state index in [9.17, 15) is 0 Å². The molecule has 2 aromatic carbocycles. The maximum Gasteiger partial charge on any atom is 0.175 e. The van der Waals surface area contributed by atoms with Crippen LogP contribution in [0, 0.1) is 20.8 Å². The van der Waals surface area contributed by atoms with Crippen molar-refractivity contribution in [1.82, 2.24) is 0 Å². The summed E-state index contributed by atoms with van der Waals surface area (Å²) in [6, 6.07) is 11.9. The number of nitrogens with one attached hydrogen (secondary N) is 2. The molecule has 0 aliphatic heterocycles. The average molecular weight is 305 g/mol. The van der Waals surface area contributed by atoms with E-state index in [1.807, 2.05) is 31.2 Å². The summed E-state index contributed by atoms with van der Waals surface area (Å²) in [5.74, 6) is 0. The first-order valence-corrected chi connectivity index (χ1v) is 7.16. The Morgan fingerprint density at radius 1 is 0.950 bits per heavy atom. The predicted molar refractivity (Wildman–Crippen MR) is 91.9 cm³/mol. The van der Waals surface area contributed by atoms with Crippen LogP contribution in [-0.2, 0) is 0 Å². The Morgan fingerprint density at radius 2 is 1.60 bits per heavy atom. The van der Waals surface area contributed by atoms with Crippen molar-refractivity contribution in [3.05, 3.63) is 58.1 Å². The molecule has 0 radical (unpaired) electrons. The highest BCUT2D eigenvalue weighted by molar-refractivity contribution is 7.80. The van der Waals surface area contributed by atoms with E-state index < -0.39 is 0 Å². The number of benzene rings is 2. The number of thiocarbonyl (C=S) groups is 1. The zero-order valence-electron chi connectivity index (χ0n) is 11.8. The maximum atomic E-state index is 6.01. The third kappa shape index (κ3) is 3.50. The van der Waals surface area contributed by atoms with Gasteiger partial charge in [0.15, 0.2) is 5.11 Å². The molecule has 0 aliphatic rings. The van der Waals surface area contributed by atoms with Crippen LogP contribution in [0.1, 0.15) is 16.7 Å². The first-order chi connectivity index (χ1) is 9.47. The fraction of sp³-hybridized carbons (Fsp3) is 0.188. The highest BCUT2D eigenvalue weighted by Gasteiger charge is 2.06. The number of halogens is 1. The summed E-state index contributed by atoms with van der Waals surface area (Å²) in [5, 5.41) is 7.69. The van der Waals surface area contributed by atoms with E-state index in [0.29, 0.717) is 10.1 Å². The van der Waals surface area contributed by atoms with Crippen molar-refractivity contribution in [3.63, 3.8) is 0 Å². The van der Waals surface area contributed by atoms with Gasteiger partial charge in [0, 0.05) is 16.4 Å². The van der Waals surface area contributed by atoms with Gasteiger partial charge in [0.1, 0.15) is 0 Å². The smallest absolute Gasteiger partial charge is 0.175 e. The highest BCUT2D eigenvalue weighted by atomic mass is 35.5. The molecular weight excluding hydrogens is 288 g/mol. The minimum atomic E-state index is 0.563. The van der Waals surface area contributed by atoms with Gasteiger partial charge < -0.3 is 10.6 Å². The van der Waals surface area contributed by atoms with E-state index in [0.717, 1.165) is 28.1 Å². The van der Waals surface area contributed by atoms with E-state index in [1.165, 1.54) is 0 Å². The monoisotopic (exact) mass is 304 g/mol. The van der Waals surface area contributed by atoms with E-state index >= 15 is 0 Å². The number of aryl methyl sites for hydroxylation is 3. The first kappa shape index (κ1) is 14.8. The third-order valence-corrected chi connectivity index (χ3v) is 3.61. The lowest BCUT2D eigenvalue weighted by molar-refractivity contribution is 1.37. The van der Waals surface area contributed by atoms with Crippen LogP contribution in [0.3, 0.4) is 0 Å².